The Kier molecular flexibility index (Phi) is 5.40. The van der Waals surface area contributed by atoms with E-state index < -0.39 is 9.84 Å². The number of rotatable bonds is 4. The van der Waals surface area contributed by atoms with Crippen LogP contribution in [0, 0.1) is 6.92 Å². The van der Waals surface area contributed by atoms with E-state index >= 15 is 0 Å². The van der Waals surface area contributed by atoms with Crippen LogP contribution in [0.5, 0.6) is 0 Å². The molecule has 3 aliphatic rings. The number of fused-ring (bicyclic) bond motifs is 1. The zero-order valence-corrected chi connectivity index (χ0v) is 19.5. The van der Waals surface area contributed by atoms with Gasteiger partial charge in [-0.3, -0.25) is 0 Å². The van der Waals surface area contributed by atoms with Gasteiger partial charge in [0.2, 0.25) is 0 Å². The molecule has 2 aromatic heterocycles. The van der Waals surface area contributed by atoms with Crippen molar-refractivity contribution >= 4 is 32.3 Å². The van der Waals surface area contributed by atoms with Crippen LogP contribution in [0.2, 0.25) is 0 Å². The number of nitrogens with one attached hydrogen (secondary N) is 1. The highest BCUT2D eigenvalue weighted by Gasteiger charge is 2.43. The summed E-state index contributed by atoms with van der Waals surface area (Å²) in [6.45, 7) is 4.73. The quantitative estimate of drug-likeness (QED) is 0.718. The molecule has 2 fully saturated rings. The SMILES string of the molecule is CCn1nc(C)c2c(NC3CCS(=O)(=O)CC3)c(C3=NOC4(CCC(O)CC4)C3)cnc21. The van der Waals surface area contributed by atoms with Crippen molar-refractivity contribution in [2.75, 3.05) is 16.8 Å². The molecule has 1 spiro atoms. The second kappa shape index (κ2) is 7.98. The molecule has 5 rings (SSSR count). The molecule has 2 N–H and O–H groups in total. The normalized spacial score (nSPS) is 23.4. The lowest BCUT2D eigenvalue weighted by Gasteiger charge is -2.32. The highest BCUT2D eigenvalue weighted by molar-refractivity contribution is 7.91. The zero-order chi connectivity index (χ0) is 22.5. The molecule has 4 heterocycles. The lowest BCUT2D eigenvalue weighted by atomic mass is 9.79. The summed E-state index contributed by atoms with van der Waals surface area (Å²) >= 11 is 0. The van der Waals surface area contributed by atoms with Crippen molar-refractivity contribution in [1.29, 1.82) is 0 Å². The van der Waals surface area contributed by atoms with Gasteiger partial charge in [-0.1, -0.05) is 5.16 Å². The summed E-state index contributed by atoms with van der Waals surface area (Å²) in [6, 6.07) is 0.0639. The number of aromatic nitrogens is 3. The average Bonchev–Trinajstić information content (AvgIpc) is 3.33. The molecule has 0 bridgehead atoms. The molecular formula is C22H31N5O4S. The van der Waals surface area contributed by atoms with Crippen LogP contribution < -0.4 is 5.32 Å². The van der Waals surface area contributed by atoms with Gasteiger partial charge in [-0.25, -0.2) is 18.1 Å². The van der Waals surface area contributed by atoms with Crippen LogP contribution in [0.3, 0.4) is 0 Å². The van der Waals surface area contributed by atoms with Crippen LogP contribution in [-0.4, -0.2) is 63.3 Å². The molecule has 10 heteroatoms. The van der Waals surface area contributed by atoms with Crippen molar-refractivity contribution in [3.63, 3.8) is 0 Å². The van der Waals surface area contributed by atoms with E-state index in [9.17, 15) is 13.5 Å². The Bertz CT molecular complexity index is 1150. The minimum Gasteiger partial charge on any atom is -0.393 e. The number of nitrogens with zero attached hydrogens (tertiary/aromatic N) is 4. The van der Waals surface area contributed by atoms with Crippen LogP contribution in [0.25, 0.3) is 11.0 Å². The monoisotopic (exact) mass is 461 g/mol. The fourth-order valence-electron chi connectivity index (χ4n) is 5.21. The van der Waals surface area contributed by atoms with E-state index in [4.69, 9.17) is 9.82 Å². The number of aliphatic hydroxyl groups excluding tert-OH is 1. The summed E-state index contributed by atoms with van der Waals surface area (Å²) in [6.07, 6.45) is 6.45. The van der Waals surface area contributed by atoms with E-state index in [0.29, 0.717) is 25.8 Å². The standard InChI is InChI=1S/C22H31N5O4S/c1-3-27-21-19(14(2)25-27)20(24-15-6-10-32(29,30)11-7-15)17(13-23-21)18-12-22(31-26-18)8-4-16(28)5-9-22/h13,15-16,28H,3-12H2,1-2H3,(H,23,24). The van der Waals surface area contributed by atoms with E-state index in [0.717, 1.165) is 59.4 Å². The molecule has 0 aromatic carbocycles. The highest BCUT2D eigenvalue weighted by atomic mass is 32.2. The number of pyridine rings is 1. The van der Waals surface area contributed by atoms with Gasteiger partial charge in [0.25, 0.3) is 0 Å². The van der Waals surface area contributed by atoms with E-state index in [2.05, 4.69) is 15.6 Å². The first kappa shape index (κ1) is 21.6. The maximum Gasteiger partial charge on any atom is 0.160 e. The van der Waals surface area contributed by atoms with Gasteiger partial charge in [-0.15, -0.1) is 0 Å². The van der Waals surface area contributed by atoms with Gasteiger partial charge in [-0.2, -0.15) is 5.10 Å². The third kappa shape index (κ3) is 3.87. The lowest BCUT2D eigenvalue weighted by Crippen LogP contribution is -2.36. The second-order valence-corrected chi connectivity index (χ2v) is 11.7. The topological polar surface area (TPSA) is 119 Å². The summed E-state index contributed by atoms with van der Waals surface area (Å²) in [7, 11) is -2.94. The molecular weight excluding hydrogens is 430 g/mol. The molecule has 0 radical (unpaired) electrons. The molecule has 2 aliphatic heterocycles. The predicted octanol–water partition coefficient (Wildman–Crippen LogP) is 2.55. The van der Waals surface area contributed by atoms with E-state index in [1.54, 1.807) is 0 Å². The van der Waals surface area contributed by atoms with Gasteiger partial charge in [0.05, 0.1) is 40.1 Å². The summed E-state index contributed by atoms with van der Waals surface area (Å²) < 4.78 is 25.7. The Morgan fingerprint density at radius 1 is 1.25 bits per heavy atom. The van der Waals surface area contributed by atoms with Crippen molar-refractivity contribution in [1.82, 2.24) is 14.8 Å². The summed E-state index contributed by atoms with van der Waals surface area (Å²) in [5.41, 5.74) is 4.03. The maximum absolute atomic E-state index is 11.9. The molecule has 0 amide bonds. The second-order valence-electron chi connectivity index (χ2n) is 9.44. The van der Waals surface area contributed by atoms with E-state index in [-0.39, 0.29) is 29.3 Å². The lowest BCUT2D eigenvalue weighted by molar-refractivity contribution is -0.0676. The molecule has 0 atom stereocenters. The summed E-state index contributed by atoms with van der Waals surface area (Å²) in [4.78, 5) is 10.7. The van der Waals surface area contributed by atoms with Crippen molar-refractivity contribution in [3.8, 4) is 0 Å². The third-order valence-electron chi connectivity index (χ3n) is 7.15. The van der Waals surface area contributed by atoms with Crippen molar-refractivity contribution < 1.29 is 18.4 Å². The van der Waals surface area contributed by atoms with Crippen LogP contribution >= 0.6 is 0 Å². The van der Waals surface area contributed by atoms with E-state index in [1.807, 2.05) is 24.7 Å². The molecule has 9 nitrogen and oxygen atoms in total. The zero-order valence-electron chi connectivity index (χ0n) is 18.7. The summed E-state index contributed by atoms with van der Waals surface area (Å²) in [5, 5.41) is 23.7. The molecule has 1 aliphatic carbocycles. The van der Waals surface area contributed by atoms with Crippen LogP contribution in [-0.2, 0) is 21.2 Å². The number of anilines is 1. The minimum atomic E-state index is -2.94. The third-order valence-corrected chi connectivity index (χ3v) is 8.87. The van der Waals surface area contributed by atoms with Crippen LogP contribution in [0.1, 0.15) is 63.1 Å². The van der Waals surface area contributed by atoms with Crippen LogP contribution in [0.4, 0.5) is 5.69 Å². The minimum absolute atomic E-state index is 0.0639. The van der Waals surface area contributed by atoms with Gasteiger partial charge in [0, 0.05) is 30.8 Å². The van der Waals surface area contributed by atoms with Gasteiger partial charge >= 0.3 is 0 Å². The Labute approximate surface area is 188 Å². The van der Waals surface area contributed by atoms with Gasteiger partial charge < -0.3 is 15.3 Å². The number of hydrogen-bond donors (Lipinski definition) is 2. The van der Waals surface area contributed by atoms with Gasteiger partial charge in [0.15, 0.2) is 5.65 Å². The first-order valence-electron chi connectivity index (χ1n) is 11.6. The van der Waals surface area contributed by atoms with Crippen LogP contribution in [0.15, 0.2) is 11.4 Å². The first-order valence-corrected chi connectivity index (χ1v) is 13.4. The van der Waals surface area contributed by atoms with Gasteiger partial charge in [0.1, 0.15) is 15.4 Å². The number of aliphatic hydroxyl groups is 1. The smallest absolute Gasteiger partial charge is 0.160 e. The molecule has 1 saturated carbocycles. The number of aryl methyl sites for hydroxylation is 2. The first-order chi connectivity index (χ1) is 15.3. The molecule has 174 valence electrons. The average molecular weight is 462 g/mol. The Balaban J connectivity index is 1.51. The largest absolute Gasteiger partial charge is 0.393 e. The van der Waals surface area contributed by atoms with Crippen molar-refractivity contribution in [2.45, 2.75) is 83.1 Å². The number of sulfone groups is 1. The summed E-state index contributed by atoms with van der Waals surface area (Å²) in [5.74, 6) is 0.411. The fourth-order valence-corrected chi connectivity index (χ4v) is 6.70. The Hall–Kier alpha value is -2.20. The van der Waals surface area contributed by atoms with Crippen molar-refractivity contribution in [2.24, 2.45) is 5.16 Å². The number of oxime groups is 1. The Morgan fingerprint density at radius 2 is 1.97 bits per heavy atom. The maximum atomic E-state index is 11.9. The van der Waals surface area contributed by atoms with Crippen molar-refractivity contribution in [3.05, 3.63) is 17.5 Å². The molecule has 1 saturated heterocycles. The Morgan fingerprint density at radius 3 is 2.66 bits per heavy atom. The van der Waals surface area contributed by atoms with E-state index in [1.165, 1.54) is 0 Å². The molecule has 2 aromatic rings. The molecule has 32 heavy (non-hydrogen) atoms. The fraction of sp³-hybridized carbons (Fsp3) is 0.682. The predicted molar refractivity (Wildman–Crippen MR) is 123 cm³/mol. The number of hydrogen-bond acceptors (Lipinski definition) is 8. The van der Waals surface area contributed by atoms with Gasteiger partial charge in [-0.05, 0) is 52.4 Å². The highest BCUT2D eigenvalue weighted by Crippen LogP contribution is 2.41. The molecule has 0 unspecified atom stereocenters.